The topological polar surface area (TPSA) is 87.7 Å². The number of nitrogens with one attached hydrogen (secondary N) is 2. The summed E-state index contributed by atoms with van der Waals surface area (Å²) in [5.41, 5.74) is 1.24. The fourth-order valence-corrected chi connectivity index (χ4v) is 5.28. The highest BCUT2D eigenvalue weighted by atomic mass is 32.2. The molecule has 1 amide bonds. The molecule has 2 unspecified atom stereocenters. The molecule has 3 rings (SSSR count). The Morgan fingerprint density at radius 1 is 1.16 bits per heavy atom. The lowest BCUT2D eigenvalue weighted by atomic mass is 10.2. The normalized spacial score (nSPS) is 18.2. The van der Waals surface area contributed by atoms with Gasteiger partial charge in [0.05, 0.1) is 17.6 Å². The summed E-state index contributed by atoms with van der Waals surface area (Å²) in [7, 11) is -3.78. The van der Waals surface area contributed by atoms with Gasteiger partial charge >= 0.3 is 0 Å². The molecule has 0 radical (unpaired) electrons. The summed E-state index contributed by atoms with van der Waals surface area (Å²) in [6.07, 6.45) is 2.20. The number of hydrogen-bond donors (Lipinski definition) is 2. The molecule has 0 aromatic heterocycles. The van der Waals surface area contributed by atoms with Gasteiger partial charge in [0.15, 0.2) is 0 Å². The van der Waals surface area contributed by atoms with Crippen molar-refractivity contribution < 1.29 is 17.9 Å². The van der Waals surface area contributed by atoms with Gasteiger partial charge in [0.25, 0.3) is 0 Å². The van der Waals surface area contributed by atoms with Crippen LogP contribution in [0.3, 0.4) is 0 Å². The zero-order valence-electron chi connectivity index (χ0n) is 18.3. The van der Waals surface area contributed by atoms with E-state index in [1.807, 2.05) is 24.5 Å². The molecule has 1 heterocycles. The zero-order valence-corrected chi connectivity index (χ0v) is 19.9. The van der Waals surface area contributed by atoms with Crippen LogP contribution in [0, 0.1) is 0 Å². The lowest BCUT2D eigenvalue weighted by Gasteiger charge is -2.33. The van der Waals surface area contributed by atoms with Crippen molar-refractivity contribution in [3.8, 4) is 0 Å². The smallest absolute Gasteiger partial charge is 0.241 e. The minimum Gasteiger partial charge on any atom is -0.374 e. The van der Waals surface area contributed by atoms with Gasteiger partial charge in [0, 0.05) is 26.2 Å². The molecule has 0 bridgehead atoms. The highest BCUT2D eigenvalue weighted by molar-refractivity contribution is 7.98. The van der Waals surface area contributed by atoms with Gasteiger partial charge in [-0.2, -0.15) is 16.5 Å². The van der Waals surface area contributed by atoms with Gasteiger partial charge in [0.1, 0.15) is 6.04 Å². The van der Waals surface area contributed by atoms with Crippen molar-refractivity contribution in [3.63, 3.8) is 0 Å². The van der Waals surface area contributed by atoms with Crippen molar-refractivity contribution in [2.24, 2.45) is 0 Å². The fourth-order valence-electron chi connectivity index (χ4n) is 3.56. The minimum absolute atomic E-state index is 0.136. The van der Waals surface area contributed by atoms with Crippen LogP contribution in [-0.2, 0) is 26.1 Å². The van der Waals surface area contributed by atoms with Gasteiger partial charge in [0.2, 0.25) is 15.9 Å². The van der Waals surface area contributed by atoms with E-state index in [0.29, 0.717) is 31.9 Å². The Morgan fingerprint density at radius 3 is 2.53 bits per heavy atom. The minimum atomic E-state index is -3.78. The van der Waals surface area contributed by atoms with Crippen molar-refractivity contribution in [2.45, 2.75) is 30.0 Å². The molecular formula is C23H31N3O4S2. The average molecular weight is 478 g/mol. The van der Waals surface area contributed by atoms with E-state index in [9.17, 15) is 13.2 Å². The summed E-state index contributed by atoms with van der Waals surface area (Å²) >= 11 is 1.57. The molecule has 2 N–H and O–H groups in total. The van der Waals surface area contributed by atoms with E-state index in [4.69, 9.17) is 4.74 Å². The van der Waals surface area contributed by atoms with Crippen LogP contribution >= 0.6 is 11.8 Å². The number of nitrogens with zero attached hydrogens (tertiary/aromatic N) is 1. The van der Waals surface area contributed by atoms with E-state index in [0.717, 1.165) is 13.1 Å². The van der Waals surface area contributed by atoms with Crippen LogP contribution in [0.4, 0.5) is 0 Å². The third-order valence-corrected chi connectivity index (χ3v) is 7.39. The summed E-state index contributed by atoms with van der Waals surface area (Å²) in [5.74, 6) is 0.336. The van der Waals surface area contributed by atoms with Gasteiger partial charge in [-0.1, -0.05) is 48.5 Å². The molecule has 2 aromatic rings. The number of hydrogen-bond acceptors (Lipinski definition) is 6. The summed E-state index contributed by atoms with van der Waals surface area (Å²) in [4.78, 5) is 15.3. The molecule has 9 heteroatoms. The number of thioether (sulfide) groups is 1. The Bertz CT molecular complexity index is 942. The predicted octanol–water partition coefficient (Wildman–Crippen LogP) is 2.10. The van der Waals surface area contributed by atoms with E-state index in [1.165, 1.54) is 17.7 Å². The second-order valence-electron chi connectivity index (χ2n) is 7.73. The first-order chi connectivity index (χ1) is 15.5. The summed E-state index contributed by atoms with van der Waals surface area (Å²) in [6.45, 7) is 3.33. The maximum absolute atomic E-state index is 12.9. The van der Waals surface area contributed by atoms with Crippen LogP contribution in [0.5, 0.6) is 0 Å². The van der Waals surface area contributed by atoms with Crippen molar-refractivity contribution in [3.05, 3.63) is 66.2 Å². The van der Waals surface area contributed by atoms with E-state index < -0.39 is 16.1 Å². The molecule has 1 aliphatic rings. The Balaban J connectivity index is 1.55. The highest BCUT2D eigenvalue weighted by Gasteiger charge is 2.27. The van der Waals surface area contributed by atoms with Crippen LogP contribution in [0.2, 0.25) is 0 Å². The first kappa shape index (κ1) is 24.7. The number of rotatable bonds is 11. The third-order valence-electron chi connectivity index (χ3n) is 5.25. The lowest BCUT2D eigenvalue weighted by Crippen LogP contribution is -2.51. The average Bonchev–Trinajstić information content (AvgIpc) is 2.81. The number of carbonyl (C=O) groups is 1. The number of amides is 1. The van der Waals surface area contributed by atoms with Gasteiger partial charge in [-0.3, -0.25) is 9.69 Å². The fraction of sp³-hybridized carbons (Fsp3) is 0.435. The van der Waals surface area contributed by atoms with E-state index in [-0.39, 0.29) is 16.9 Å². The van der Waals surface area contributed by atoms with Crippen molar-refractivity contribution in [1.29, 1.82) is 0 Å². The quantitative estimate of drug-likeness (QED) is 0.515. The molecule has 1 saturated heterocycles. The number of carbonyl (C=O) groups excluding carboxylic acids is 1. The highest BCUT2D eigenvalue weighted by Crippen LogP contribution is 2.12. The van der Waals surface area contributed by atoms with Crippen molar-refractivity contribution in [1.82, 2.24) is 14.9 Å². The van der Waals surface area contributed by atoms with Crippen molar-refractivity contribution in [2.75, 3.05) is 38.2 Å². The monoisotopic (exact) mass is 477 g/mol. The molecule has 1 fully saturated rings. The molecular weight excluding hydrogens is 446 g/mol. The van der Waals surface area contributed by atoms with Crippen LogP contribution in [-0.4, -0.2) is 69.6 Å². The summed E-state index contributed by atoms with van der Waals surface area (Å²) in [5, 5.41) is 2.89. The Labute approximate surface area is 195 Å². The predicted molar refractivity (Wildman–Crippen MR) is 128 cm³/mol. The molecule has 1 aliphatic heterocycles. The Hall–Kier alpha value is -1.91. The maximum atomic E-state index is 12.9. The summed E-state index contributed by atoms with van der Waals surface area (Å²) in [6, 6.07) is 17.5. The Kier molecular flexibility index (Phi) is 9.55. The van der Waals surface area contributed by atoms with Crippen molar-refractivity contribution >= 4 is 27.7 Å². The number of sulfonamides is 1. The summed E-state index contributed by atoms with van der Waals surface area (Å²) < 4.78 is 33.8. The maximum Gasteiger partial charge on any atom is 0.241 e. The van der Waals surface area contributed by atoms with E-state index in [1.54, 1.807) is 30.0 Å². The van der Waals surface area contributed by atoms with Crippen LogP contribution in [0.1, 0.15) is 12.0 Å². The van der Waals surface area contributed by atoms with Gasteiger partial charge in [-0.25, -0.2) is 8.42 Å². The molecule has 2 aromatic carbocycles. The SMILES string of the molecule is CSCCC(NS(=O)(=O)c1ccccc1)C(=O)NCC1CN(Cc2ccccc2)CCO1. The van der Waals surface area contributed by atoms with Gasteiger partial charge < -0.3 is 10.1 Å². The number of ether oxygens (including phenoxy) is 1. The molecule has 7 nitrogen and oxygen atoms in total. The van der Waals surface area contributed by atoms with E-state index >= 15 is 0 Å². The molecule has 32 heavy (non-hydrogen) atoms. The molecule has 2 atom stereocenters. The van der Waals surface area contributed by atoms with E-state index in [2.05, 4.69) is 27.1 Å². The number of benzene rings is 2. The zero-order chi connectivity index (χ0) is 22.8. The first-order valence-corrected chi connectivity index (χ1v) is 13.6. The van der Waals surface area contributed by atoms with Crippen LogP contribution < -0.4 is 10.0 Å². The largest absolute Gasteiger partial charge is 0.374 e. The van der Waals surface area contributed by atoms with Gasteiger partial charge in [-0.15, -0.1) is 0 Å². The standard InChI is InChI=1S/C23H31N3O4S2/c1-31-15-12-22(25-32(28,29)21-10-6-3-7-11-21)23(27)24-16-20-18-26(13-14-30-20)17-19-8-4-2-5-9-19/h2-11,20,22,25H,12-18H2,1H3,(H,24,27). The third kappa shape index (κ3) is 7.60. The number of morpholine rings is 1. The Morgan fingerprint density at radius 2 is 1.84 bits per heavy atom. The van der Waals surface area contributed by atoms with Gasteiger partial charge in [-0.05, 0) is 36.1 Å². The molecule has 0 spiro atoms. The second-order valence-corrected chi connectivity index (χ2v) is 10.4. The molecule has 0 saturated carbocycles. The van der Waals surface area contributed by atoms with Crippen LogP contribution in [0.15, 0.2) is 65.6 Å². The second kappa shape index (κ2) is 12.4. The first-order valence-electron chi connectivity index (χ1n) is 10.7. The molecule has 174 valence electrons. The molecule has 0 aliphatic carbocycles. The van der Waals surface area contributed by atoms with Crippen LogP contribution in [0.25, 0.3) is 0 Å². The lowest BCUT2D eigenvalue weighted by molar-refractivity contribution is -0.124.